The van der Waals surface area contributed by atoms with Crippen molar-refractivity contribution in [3.8, 4) is 11.4 Å². The molecule has 0 aliphatic heterocycles. The molecule has 3 aromatic heterocycles. The molecule has 0 fully saturated rings. The highest BCUT2D eigenvalue weighted by atomic mass is 16.6. The van der Waals surface area contributed by atoms with Crippen molar-refractivity contribution in [3.05, 3.63) is 95.3 Å². The van der Waals surface area contributed by atoms with Gasteiger partial charge in [0.25, 0.3) is 0 Å². The summed E-state index contributed by atoms with van der Waals surface area (Å²) < 4.78 is 15.8. The van der Waals surface area contributed by atoms with Crippen molar-refractivity contribution in [3.63, 3.8) is 0 Å². The molecule has 2 atom stereocenters. The number of hydrogen-bond acceptors (Lipinski definition) is 7. The van der Waals surface area contributed by atoms with Crippen LogP contribution in [0, 0.1) is 6.92 Å². The molecule has 1 aliphatic rings. The SMILES string of the molecule is Cc1ccc(-n2nc(C(C)(C)C)cc2NC(=O)N[C@H]2CC[C@@H](Oc3ccc4nnc(N(C(=O)OC(C)(C)C)C(C)C)n4c3)c3ccccc32)cc1. The molecule has 3 amide bonds. The van der Waals surface area contributed by atoms with Crippen LogP contribution in [0.2, 0.25) is 0 Å². The van der Waals surface area contributed by atoms with Crippen molar-refractivity contribution in [1.29, 1.82) is 0 Å². The minimum absolute atomic E-state index is 0.202. The van der Waals surface area contributed by atoms with Gasteiger partial charge in [-0.15, -0.1) is 10.2 Å². The van der Waals surface area contributed by atoms with E-state index in [9.17, 15) is 9.59 Å². The number of pyridine rings is 1. The Labute approximate surface area is 299 Å². The molecule has 0 bridgehead atoms. The summed E-state index contributed by atoms with van der Waals surface area (Å²) >= 11 is 0. The Hall–Kier alpha value is -5.39. The summed E-state index contributed by atoms with van der Waals surface area (Å²) in [6.07, 6.45) is 2.37. The topological polar surface area (TPSA) is 128 Å². The van der Waals surface area contributed by atoms with E-state index in [0.717, 1.165) is 28.1 Å². The summed E-state index contributed by atoms with van der Waals surface area (Å²) in [7, 11) is 0. The van der Waals surface area contributed by atoms with E-state index in [1.165, 1.54) is 4.90 Å². The lowest BCUT2D eigenvalue weighted by atomic mass is 9.85. The monoisotopic (exact) mass is 692 g/mol. The number of amides is 3. The van der Waals surface area contributed by atoms with Crippen molar-refractivity contribution < 1.29 is 19.1 Å². The Morgan fingerprint density at radius 3 is 2.29 bits per heavy atom. The minimum Gasteiger partial charge on any atom is -0.484 e. The molecule has 3 heterocycles. The van der Waals surface area contributed by atoms with Gasteiger partial charge in [-0.3, -0.25) is 9.72 Å². The third-order valence-corrected chi connectivity index (χ3v) is 8.70. The summed E-state index contributed by atoms with van der Waals surface area (Å²) in [4.78, 5) is 28.2. The van der Waals surface area contributed by atoms with E-state index in [-0.39, 0.29) is 29.6 Å². The van der Waals surface area contributed by atoms with Crippen LogP contribution >= 0.6 is 0 Å². The maximum atomic E-state index is 13.6. The van der Waals surface area contributed by atoms with Gasteiger partial charge in [-0.1, -0.05) is 62.7 Å². The van der Waals surface area contributed by atoms with E-state index in [1.807, 2.05) is 108 Å². The van der Waals surface area contributed by atoms with Crippen molar-refractivity contribution in [2.75, 3.05) is 10.2 Å². The predicted molar refractivity (Wildman–Crippen MR) is 198 cm³/mol. The molecule has 6 rings (SSSR count). The number of aryl methyl sites for hydroxylation is 1. The van der Waals surface area contributed by atoms with Crippen LogP contribution in [-0.4, -0.2) is 48.1 Å². The van der Waals surface area contributed by atoms with Crippen molar-refractivity contribution in [2.24, 2.45) is 0 Å². The van der Waals surface area contributed by atoms with E-state index in [4.69, 9.17) is 14.6 Å². The fraction of sp³-hybridized carbons (Fsp3) is 0.410. The van der Waals surface area contributed by atoms with Crippen LogP contribution in [0.15, 0.2) is 72.9 Å². The van der Waals surface area contributed by atoms with E-state index >= 15 is 0 Å². The van der Waals surface area contributed by atoms with E-state index in [1.54, 1.807) is 15.3 Å². The first-order valence-electron chi connectivity index (χ1n) is 17.4. The fourth-order valence-corrected chi connectivity index (χ4v) is 6.14. The number of fused-ring (bicyclic) bond motifs is 2. The Morgan fingerprint density at radius 2 is 1.63 bits per heavy atom. The molecule has 0 radical (unpaired) electrons. The first-order chi connectivity index (χ1) is 24.1. The zero-order valence-electron chi connectivity index (χ0n) is 30.9. The van der Waals surface area contributed by atoms with Crippen molar-refractivity contribution in [2.45, 2.75) is 104 Å². The molecule has 0 unspecified atom stereocenters. The van der Waals surface area contributed by atoms with Gasteiger partial charge in [0.1, 0.15) is 23.3 Å². The number of rotatable bonds is 7. The number of anilines is 2. The average molecular weight is 693 g/mol. The smallest absolute Gasteiger partial charge is 0.417 e. The largest absolute Gasteiger partial charge is 0.484 e. The van der Waals surface area contributed by atoms with Crippen molar-refractivity contribution >= 4 is 29.5 Å². The number of ether oxygens (including phenoxy) is 2. The van der Waals surface area contributed by atoms with Crippen LogP contribution in [0.4, 0.5) is 21.4 Å². The lowest BCUT2D eigenvalue weighted by Crippen LogP contribution is -2.42. The van der Waals surface area contributed by atoms with Crippen molar-refractivity contribution in [1.82, 2.24) is 29.7 Å². The molecule has 0 saturated carbocycles. The van der Waals surface area contributed by atoms with Gasteiger partial charge < -0.3 is 14.8 Å². The first-order valence-corrected chi connectivity index (χ1v) is 17.4. The van der Waals surface area contributed by atoms with Gasteiger partial charge in [-0.25, -0.2) is 19.2 Å². The lowest BCUT2D eigenvalue weighted by molar-refractivity contribution is 0.0567. The van der Waals surface area contributed by atoms with Crippen LogP contribution in [0.5, 0.6) is 5.75 Å². The molecule has 0 spiro atoms. The van der Waals surface area contributed by atoms with Gasteiger partial charge in [-0.2, -0.15) is 5.10 Å². The molecular formula is C39H48N8O4. The molecule has 12 nitrogen and oxygen atoms in total. The summed E-state index contributed by atoms with van der Waals surface area (Å²) in [5.74, 6) is 1.54. The molecule has 2 aromatic carbocycles. The molecule has 1 aliphatic carbocycles. The van der Waals surface area contributed by atoms with E-state index in [0.29, 0.717) is 36.0 Å². The number of nitrogens with one attached hydrogen (secondary N) is 2. The fourth-order valence-electron chi connectivity index (χ4n) is 6.14. The van der Waals surface area contributed by atoms with Gasteiger partial charge in [0.15, 0.2) is 5.65 Å². The number of nitrogens with zero attached hydrogens (tertiary/aromatic N) is 6. The maximum absolute atomic E-state index is 13.6. The zero-order chi connectivity index (χ0) is 36.7. The maximum Gasteiger partial charge on any atom is 0.417 e. The lowest BCUT2D eigenvalue weighted by Gasteiger charge is -2.32. The number of aromatic nitrogens is 5. The number of benzene rings is 2. The highest BCUT2D eigenvalue weighted by Gasteiger charge is 2.32. The molecule has 0 saturated heterocycles. The van der Waals surface area contributed by atoms with Crippen LogP contribution in [0.25, 0.3) is 11.3 Å². The Morgan fingerprint density at radius 1 is 0.922 bits per heavy atom. The Balaban J connectivity index is 1.21. The molecule has 51 heavy (non-hydrogen) atoms. The quantitative estimate of drug-likeness (QED) is 0.175. The Kier molecular flexibility index (Phi) is 9.54. The molecule has 5 aromatic rings. The highest BCUT2D eigenvalue weighted by molar-refractivity contribution is 5.89. The molecule has 12 heteroatoms. The predicted octanol–water partition coefficient (Wildman–Crippen LogP) is 8.45. The van der Waals surface area contributed by atoms with Crippen LogP contribution < -0.4 is 20.3 Å². The second kappa shape index (κ2) is 13.7. The van der Waals surface area contributed by atoms with Crippen LogP contribution in [-0.2, 0) is 10.2 Å². The first kappa shape index (κ1) is 35.4. The van der Waals surface area contributed by atoms with Gasteiger partial charge in [-0.05, 0) is 89.8 Å². The Bertz CT molecular complexity index is 2030. The third kappa shape index (κ3) is 7.84. The van der Waals surface area contributed by atoms with E-state index < -0.39 is 11.7 Å². The molecule has 2 N–H and O–H groups in total. The summed E-state index contributed by atoms with van der Waals surface area (Å²) in [5.41, 5.74) is 4.58. The normalized spacial score (nSPS) is 16.1. The minimum atomic E-state index is -0.666. The summed E-state index contributed by atoms with van der Waals surface area (Å²) in [5, 5.41) is 19.7. The number of carbonyl (C=O) groups is 2. The van der Waals surface area contributed by atoms with Gasteiger partial charge in [0, 0.05) is 17.5 Å². The number of hydrogen-bond donors (Lipinski definition) is 2. The summed E-state index contributed by atoms with van der Waals surface area (Å²) in [6, 6.07) is 20.9. The van der Waals surface area contributed by atoms with Crippen LogP contribution in [0.1, 0.15) is 103 Å². The van der Waals surface area contributed by atoms with Gasteiger partial charge in [0.2, 0.25) is 5.95 Å². The third-order valence-electron chi connectivity index (χ3n) is 8.70. The van der Waals surface area contributed by atoms with Gasteiger partial charge in [0.05, 0.1) is 23.6 Å². The number of urea groups is 1. The second-order valence-corrected chi connectivity index (χ2v) is 15.4. The van der Waals surface area contributed by atoms with Crippen LogP contribution in [0.3, 0.4) is 0 Å². The standard InChI is InChI=1S/C39H48N8O4/c1-24(2)46(37(49)51-39(7,8)9)36-43-42-33-21-18-27(23-45(33)36)50-31-20-19-30(28-12-10-11-13-29(28)31)40-35(48)41-34-22-32(38(4,5)6)44-47(34)26-16-14-25(3)15-17-26/h10-18,21-24,30-31H,19-20H2,1-9H3,(H2,40,41,48)/t30-,31+/m0/s1. The van der Waals surface area contributed by atoms with E-state index in [2.05, 4.69) is 41.6 Å². The highest BCUT2D eigenvalue weighted by Crippen LogP contribution is 2.39. The van der Waals surface area contributed by atoms with Gasteiger partial charge >= 0.3 is 12.1 Å². The average Bonchev–Trinajstić information content (AvgIpc) is 3.66. The molecular weight excluding hydrogens is 644 g/mol. The summed E-state index contributed by atoms with van der Waals surface area (Å²) in [6.45, 7) is 17.6. The molecule has 268 valence electrons. The zero-order valence-corrected chi connectivity index (χ0v) is 30.9. The number of carbonyl (C=O) groups excluding carboxylic acids is 2. The second-order valence-electron chi connectivity index (χ2n) is 15.4.